The lowest BCUT2D eigenvalue weighted by Gasteiger charge is -2.27. The third-order valence-corrected chi connectivity index (χ3v) is 3.10. The maximum atomic E-state index is 12.2. The minimum atomic E-state index is -1.02. The van der Waals surface area contributed by atoms with Crippen molar-refractivity contribution in [2.75, 3.05) is 25.0 Å². The van der Waals surface area contributed by atoms with Gasteiger partial charge in [-0.05, 0) is 18.9 Å². The molecule has 7 heteroatoms. The van der Waals surface area contributed by atoms with Crippen molar-refractivity contribution in [1.29, 1.82) is 0 Å². The van der Waals surface area contributed by atoms with E-state index in [1.807, 2.05) is 4.90 Å². The van der Waals surface area contributed by atoms with Gasteiger partial charge in [-0.2, -0.15) is 0 Å². The highest BCUT2D eigenvalue weighted by atomic mass is 16.4. The molecule has 0 aliphatic carbocycles. The average Bonchev–Trinajstić information content (AvgIpc) is 2.87. The van der Waals surface area contributed by atoms with Crippen LogP contribution < -0.4 is 4.90 Å². The van der Waals surface area contributed by atoms with Gasteiger partial charge in [0, 0.05) is 26.0 Å². The molecule has 1 N–H and O–H groups in total. The zero-order chi connectivity index (χ0) is 13.8. The van der Waals surface area contributed by atoms with Crippen LogP contribution in [-0.2, 0) is 9.59 Å². The number of rotatable bonds is 4. The monoisotopic (exact) mass is 264 g/mol. The Kier molecular flexibility index (Phi) is 3.94. The molecular weight excluding hydrogens is 248 g/mol. The second-order valence-electron chi connectivity index (χ2n) is 4.49. The third-order valence-electron chi connectivity index (χ3n) is 3.10. The normalized spacial score (nSPS) is 18.4. The van der Waals surface area contributed by atoms with E-state index >= 15 is 0 Å². The van der Waals surface area contributed by atoms with Crippen LogP contribution in [0.4, 0.5) is 5.95 Å². The lowest BCUT2D eigenvalue weighted by molar-refractivity contribution is -0.143. The number of nitrogens with zero attached hydrogens (tertiary/aromatic N) is 4. The van der Waals surface area contributed by atoms with Gasteiger partial charge in [0.05, 0.1) is 0 Å². The van der Waals surface area contributed by atoms with Crippen molar-refractivity contribution < 1.29 is 14.7 Å². The summed E-state index contributed by atoms with van der Waals surface area (Å²) in [6.07, 6.45) is 4.82. The van der Waals surface area contributed by atoms with E-state index in [4.69, 9.17) is 5.11 Å². The Bertz CT molecular complexity index is 465. The number of amides is 1. The molecule has 19 heavy (non-hydrogen) atoms. The third kappa shape index (κ3) is 2.98. The Balaban J connectivity index is 2.11. The number of aromatic nitrogens is 2. The highest BCUT2D eigenvalue weighted by Crippen LogP contribution is 2.23. The van der Waals surface area contributed by atoms with Crippen LogP contribution in [-0.4, -0.2) is 58.0 Å². The fourth-order valence-electron chi connectivity index (χ4n) is 2.24. The zero-order valence-electron chi connectivity index (χ0n) is 10.7. The number of hydrogen-bond acceptors (Lipinski definition) is 5. The van der Waals surface area contributed by atoms with Gasteiger partial charge in [-0.15, -0.1) is 0 Å². The maximum absolute atomic E-state index is 12.2. The molecular formula is C12H16N4O3. The Morgan fingerprint density at radius 1 is 1.47 bits per heavy atom. The van der Waals surface area contributed by atoms with Crippen LogP contribution in [0.1, 0.15) is 12.8 Å². The Morgan fingerprint density at radius 3 is 2.79 bits per heavy atom. The van der Waals surface area contributed by atoms with Crippen molar-refractivity contribution in [3.63, 3.8) is 0 Å². The minimum absolute atomic E-state index is 0.202. The number of carbonyl (C=O) groups excluding carboxylic acids is 1. The molecule has 102 valence electrons. The van der Waals surface area contributed by atoms with Crippen molar-refractivity contribution in [2.45, 2.75) is 18.9 Å². The van der Waals surface area contributed by atoms with Crippen LogP contribution in [0.5, 0.6) is 0 Å². The molecule has 1 aliphatic rings. The lowest BCUT2D eigenvalue weighted by Crippen LogP contribution is -2.46. The summed E-state index contributed by atoms with van der Waals surface area (Å²) in [5.74, 6) is -0.703. The summed E-state index contributed by atoms with van der Waals surface area (Å²) in [5, 5.41) is 8.73. The lowest BCUT2D eigenvalue weighted by atomic mass is 10.2. The standard InChI is InChI=1S/C12H16N4O3/c1-15(8-10(17)18)11(19)9-4-2-7-16(9)12-13-5-3-6-14-12/h3,5-6,9H,2,4,7-8H2,1H3,(H,17,18). The van der Waals surface area contributed by atoms with Crippen molar-refractivity contribution in [3.8, 4) is 0 Å². The van der Waals surface area contributed by atoms with Crippen molar-refractivity contribution in [1.82, 2.24) is 14.9 Å². The highest BCUT2D eigenvalue weighted by Gasteiger charge is 2.34. The molecule has 1 aliphatic heterocycles. The van der Waals surface area contributed by atoms with E-state index in [2.05, 4.69) is 9.97 Å². The van der Waals surface area contributed by atoms with Gasteiger partial charge in [0.2, 0.25) is 11.9 Å². The van der Waals surface area contributed by atoms with Gasteiger partial charge in [-0.3, -0.25) is 9.59 Å². The van der Waals surface area contributed by atoms with Gasteiger partial charge < -0.3 is 14.9 Å². The van der Waals surface area contributed by atoms with Gasteiger partial charge in [0.15, 0.2) is 0 Å². The van der Waals surface area contributed by atoms with Crippen molar-refractivity contribution >= 4 is 17.8 Å². The molecule has 1 atom stereocenters. The van der Waals surface area contributed by atoms with E-state index in [1.165, 1.54) is 11.9 Å². The van der Waals surface area contributed by atoms with Crippen molar-refractivity contribution in [3.05, 3.63) is 18.5 Å². The smallest absolute Gasteiger partial charge is 0.323 e. The second kappa shape index (κ2) is 5.64. The molecule has 2 heterocycles. The molecule has 1 amide bonds. The second-order valence-corrected chi connectivity index (χ2v) is 4.49. The molecule has 1 aromatic rings. The zero-order valence-corrected chi connectivity index (χ0v) is 10.7. The first-order valence-corrected chi connectivity index (χ1v) is 6.10. The fraction of sp³-hybridized carbons (Fsp3) is 0.500. The van der Waals surface area contributed by atoms with E-state index in [9.17, 15) is 9.59 Å². The molecule has 0 radical (unpaired) electrons. The van der Waals surface area contributed by atoms with Gasteiger partial charge in [-0.25, -0.2) is 9.97 Å². The number of carboxylic acid groups (broad SMARTS) is 1. The number of hydrogen-bond donors (Lipinski definition) is 1. The topological polar surface area (TPSA) is 86.6 Å². The summed E-state index contributed by atoms with van der Waals surface area (Å²) in [6.45, 7) is 0.417. The predicted molar refractivity (Wildman–Crippen MR) is 67.7 cm³/mol. The molecule has 0 saturated carbocycles. The summed E-state index contributed by atoms with van der Waals surface area (Å²) >= 11 is 0. The Morgan fingerprint density at radius 2 is 2.16 bits per heavy atom. The molecule has 0 aromatic carbocycles. The molecule has 7 nitrogen and oxygen atoms in total. The van der Waals surface area contributed by atoms with E-state index in [0.29, 0.717) is 18.9 Å². The van der Waals surface area contributed by atoms with Crippen LogP contribution in [0.2, 0.25) is 0 Å². The van der Waals surface area contributed by atoms with Crippen LogP contribution in [0.25, 0.3) is 0 Å². The number of anilines is 1. The Labute approximate surface area is 110 Å². The largest absolute Gasteiger partial charge is 0.480 e. The first-order valence-electron chi connectivity index (χ1n) is 6.10. The van der Waals surface area contributed by atoms with E-state index < -0.39 is 5.97 Å². The van der Waals surface area contributed by atoms with E-state index in [0.717, 1.165) is 6.42 Å². The summed E-state index contributed by atoms with van der Waals surface area (Å²) in [6, 6.07) is 1.35. The first-order chi connectivity index (χ1) is 9.09. The van der Waals surface area contributed by atoms with Gasteiger partial charge >= 0.3 is 5.97 Å². The molecule has 1 fully saturated rings. The molecule has 0 spiro atoms. The first kappa shape index (κ1) is 13.3. The van der Waals surface area contributed by atoms with Gasteiger partial charge in [0.25, 0.3) is 0 Å². The molecule has 0 bridgehead atoms. The van der Waals surface area contributed by atoms with Crippen LogP contribution >= 0.6 is 0 Å². The molecule has 1 aromatic heterocycles. The maximum Gasteiger partial charge on any atom is 0.323 e. The molecule has 1 saturated heterocycles. The average molecular weight is 264 g/mol. The van der Waals surface area contributed by atoms with E-state index in [1.54, 1.807) is 18.5 Å². The van der Waals surface area contributed by atoms with Crippen molar-refractivity contribution in [2.24, 2.45) is 0 Å². The fourth-order valence-corrected chi connectivity index (χ4v) is 2.24. The predicted octanol–water partition coefficient (Wildman–Crippen LogP) is -0.0116. The highest BCUT2D eigenvalue weighted by molar-refractivity contribution is 5.87. The Hall–Kier alpha value is -2.18. The van der Waals surface area contributed by atoms with Gasteiger partial charge in [-0.1, -0.05) is 0 Å². The number of aliphatic carboxylic acids is 1. The van der Waals surface area contributed by atoms with Gasteiger partial charge in [0.1, 0.15) is 12.6 Å². The summed E-state index contributed by atoms with van der Waals surface area (Å²) in [7, 11) is 1.50. The van der Waals surface area contributed by atoms with E-state index in [-0.39, 0.29) is 18.5 Å². The van der Waals surface area contributed by atoms with Crippen LogP contribution in [0.3, 0.4) is 0 Å². The van der Waals surface area contributed by atoms with Crippen LogP contribution in [0.15, 0.2) is 18.5 Å². The molecule has 2 rings (SSSR count). The SMILES string of the molecule is CN(CC(=O)O)C(=O)C1CCCN1c1ncccn1. The number of likely N-dealkylation sites (N-methyl/N-ethyl adjacent to an activating group) is 1. The molecule has 1 unspecified atom stereocenters. The van der Waals surface area contributed by atoms with Crippen LogP contribution in [0, 0.1) is 0 Å². The summed E-state index contributed by atoms with van der Waals surface area (Å²) in [4.78, 5) is 34.2. The quantitative estimate of drug-likeness (QED) is 0.823. The number of carbonyl (C=O) groups is 2. The minimum Gasteiger partial charge on any atom is -0.480 e. The summed E-state index contributed by atoms with van der Waals surface area (Å²) < 4.78 is 0. The number of carboxylic acids is 1. The summed E-state index contributed by atoms with van der Waals surface area (Å²) in [5.41, 5.74) is 0.